The fourth-order valence-electron chi connectivity index (χ4n) is 2.22. The van der Waals surface area contributed by atoms with Gasteiger partial charge in [-0.1, -0.05) is 12.1 Å². The van der Waals surface area contributed by atoms with Crippen LogP contribution >= 0.6 is 0 Å². The van der Waals surface area contributed by atoms with Crippen LogP contribution in [0, 0.1) is 20.8 Å². The summed E-state index contributed by atoms with van der Waals surface area (Å²) in [6, 6.07) is 6.35. The quantitative estimate of drug-likeness (QED) is 0.821. The van der Waals surface area contributed by atoms with Gasteiger partial charge in [0.2, 0.25) is 5.95 Å². The van der Waals surface area contributed by atoms with Crippen molar-refractivity contribution in [1.29, 1.82) is 0 Å². The van der Waals surface area contributed by atoms with Crippen LogP contribution in [0.1, 0.15) is 23.2 Å². The zero-order valence-corrected chi connectivity index (χ0v) is 12.7. The molecule has 0 fully saturated rings. The normalized spacial score (nSPS) is 10.8. The van der Waals surface area contributed by atoms with Crippen LogP contribution in [-0.2, 0) is 4.74 Å². The number of aromatic nitrogens is 2. The van der Waals surface area contributed by atoms with E-state index in [0.29, 0.717) is 0 Å². The SMILES string of the molecule is COCCCNc1nc(C)cn1-c1cccc(C)c1C. The Kier molecular flexibility index (Phi) is 4.79. The third kappa shape index (κ3) is 3.20. The summed E-state index contributed by atoms with van der Waals surface area (Å²) in [5, 5.41) is 3.39. The first-order valence-corrected chi connectivity index (χ1v) is 6.99. The summed E-state index contributed by atoms with van der Waals surface area (Å²) in [5.41, 5.74) is 4.77. The molecule has 1 aromatic heterocycles. The fraction of sp³-hybridized carbons (Fsp3) is 0.438. The molecule has 0 saturated carbocycles. The molecule has 20 heavy (non-hydrogen) atoms. The number of aryl methyl sites for hydroxylation is 2. The van der Waals surface area contributed by atoms with Crippen molar-refractivity contribution in [2.45, 2.75) is 27.2 Å². The molecule has 0 atom stereocenters. The molecule has 0 aliphatic carbocycles. The highest BCUT2D eigenvalue weighted by Crippen LogP contribution is 2.22. The monoisotopic (exact) mass is 273 g/mol. The van der Waals surface area contributed by atoms with Crippen LogP contribution in [0.4, 0.5) is 5.95 Å². The largest absolute Gasteiger partial charge is 0.385 e. The lowest BCUT2D eigenvalue weighted by Crippen LogP contribution is -2.10. The topological polar surface area (TPSA) is 39.1 Å². The molecular weight excluding hydrogens is 250 g/mol. The first kappa shape index (κ1) is 14.6. The molecule has 4 nitrogen and oxygen atoms in total. The van der Waals surface area contributed by atoms with Crippen molar-refractivity contribution in [3.63, 3.8) is 0 Å². The van der Waals surface area contributed by atoms with Crippen LogP contribution in [0.2, 0.25) is 0 Å². The van der Waals surface area contributed by atoms with Crippen molar-refractivity contribution >= 4 is 5.95 Å². The zero-order chi connectivity index (χ0) is 14.5. The van der Waals surface area contributed by atoms with Crippen molar-refractivity contribution in [3.05, 3.63) is 41.2 Å². The number of benzene rings is 1. The molecule has 4 heteroatoms. The number of nitrogens with zero attached hydrogens (tertiary/aromatic N) is 2. The number of methoxy groups -OCH3 is 1. The summed E-state index contributed by atoms with van der Waals surface area (Å²) in [5.74, 6) is 0.896. The van der Waals surface area contributed by atoms with Gasteiger partial charge in [0.05, 0.1) is 11.4 Å². The Morgan fingerprint density at radius 1 is 1.25 bits per heavy atom. The van der Waals surface area contributed by atoms with E-state index in [2.05, 4.69) is 53.1 Å². The van der Waals surface area contributed by atoms with Crippen molar-refractivity contribution in [3.8, 4) is 5.69 Å². The molecule has 0 aliphatic rings. The number of imidazole rings is 1. The maximum atomic E-state index is 5.07. The van der Waals surface area contributed by atoms with Gasteiger partial charge in [-0.3, -0.25) is 4.57 Å². The molecule has 0 saturated heterocycles. The number of hydrogen-bond donors (Lipinski definition) is 1. The average molecular weight is 273 g/mol. The Bertz CT molecular complexity index is 575. The molecule has 1 N–H and O–H groups in total. The summed E-state index contributed by atoms with van der Waals surface area (Å²) in [7, 11) is 1.72. The smallest absolute Gasteiger partial charge is 0.207 e. The predicted octanol–water partition coefficient (Wildman–Crippen LogP) is 3.25. The number of anilines is 1. The van der Waals surface area contributed by atoms with E-state index in [1.54, 1.807) is 7.11 Å². The first-order valence-electron chi connectivity index (χ1n) is 6.99. The molecule has 1 heterocycles. The van der Waals surface area contributed by atoms with E-state index in [-0.39, 0.29) is 0 Å². The van der Waals surface area contributed by atoms with E-state index in [1.165, 1.54) is 16.8 Å². The molecule has 1 aromatic carbocycles. The van der Waals surface area contributed by atoms with Crippen molar-refractivity contribution in [2.24, 2.45) is 0 Å². The van der Waals surface area contributed by atoms with Crippen LogP contribution in [0.3, 0.4) is 0 Å². The highest BCUT2D eigenvalue weighted by atomic mass is 16.5. The summed E-state index contributed by atoms with van der Waals surface area (Å²) in [4.78, 5) is 4.57. The van der Waals surface area contributed by atoms with E-state index in [9.17, 15) is 0 Å². The molecule has 0 aliphatic heterocycles. The van der Waals surface area contributed by atoms with Crippen LogP contribution in [0.15, 0.2) is 24.4 Å². The molecule has 2 rings (SSSR count). The van der Waals surface area contributed by atoms with Gasteiger partial charge in [0.25, 0.3) is 0 Å². The first-order chi connectivity index (χ1) is 9.63. The minimum Gasteiger partial charge on any atom is -0.385 e. The summed E-state index contributed by atoms with van der Waals surface area (Å²) < 4.78 is 7.20. The summed E-state index contributed by atoms with van der Waals surface area (Å²) in [6.07, 6.45) is 3.04. The van der Waals surface area contributed by atoms with Gasteiger partial charge in [-0.2, -0.15) is 0 Å². The Morgan fingerprint density at radius 2 is 2.05 bits per heavy atom. The molecular formula is C16H23N3O. The van der Waals surface area contributed by atoms with E-state index in [1.807, 2.05) is 6.92 Å². The second-order valence-corrected chi connectivity index (χ2v) is 5.07. The molecule has 0 radical (unpaired) electrons. The van der Waals surface area contributed by atoms with E-state index < -0.39 is 0 Å². The van der Waals surface area contributed by atoms with Crippen LogP contribution < -0.4 is 5.32 Å². The third-order valence-corrected chi connectivity index (χ3v) is 3.47. The second kappa shape index (κ2) is 6.57. The number of nitrogens with one attached hydrogen (secondary N) is 1. The lowest BCUT2D eigenvalue weighted by atomic mass is 10.1. The van der Waals surface area contributed by atoms with Crippen molar-refractivity contribution in [2.75, 3.05) is 25.6 Å². The Morgan fingerprint density at radius 3 is 2.80 bits per heavy atom. The Hall–Kier alpha value is -1.81. The maximum absolute atomic E-state index is 5.07. The Balaban J connectivity index is 2.25. The second-order valence-electron chi connectivity index (χ2n) is 5.07. The van der Waals surface area contributed by atoms with Crippen molar-refractivity contribution < 1.29 is 4.74 Å². The lowest BCUT2D eigenvalue weighted by molar-refractivity contribution is 0.197. The van der Waals surface area contributed by atoms with Crippen LogP contribution in [-0.4, -0.2) is 29.8 Å². The highest BCUT2D eigenvalue weighted by Gasteiger charge is 2.10. The van der Waals surface area contributed by atoms with Gasteiger partial charge >= 0.3 is 0 Å². The Labute approximate surface area is 120 Å². The molecule has 0 spiro atoms. The van der Waals surface area contributed by atoms with Gasteiger partial charge in [0.15, 0.2) is 0 Å². The minimum absolute atomic E-state index is 0.760. The summed E-state index contributed by atoms with van der Waals surface area (Å²) >= 11 is 0. The maximum Gasteiger partial charge on any atom is 0.207 e. The van der Waals surface area contributed by atoms with Crippen LogP contribution in [0.5, 0.6) is 0 Å². The molecule has 2 aromatic rings. The standard InChI is InChI=1S/C16H23N3O/c1-12-7-5-8-15(14(12)3)19-11-13(2)18-16(19)17-9-6-10-20-4/h5,7-8,11H,6,9-10H2,1-4H3,(H,17,18). The van der Waals surface area contributed by atoms with E-state index >= 15 is 0 Å². The molecule has 0 amide bonds. The van der Waals surface area contributed by atoms with Gasteiger partial charge in [-0.05, 0) is 44.4 Å². The van der Waals surface area contributed by atoms with Crippen molar-refractivity contribution in [1.82, 2.24) is 9.55 Å². The van der Waals surface area contributed by atoms with Gasteiger partial charge in [-0.25, -0.2) is 4.98 Å². The molecule has 108 valence electrons. The number of ether oxygens (including phenoxy) is 1. The highest BCUT2D eigenvalue weighted by molar-refractivity contribution is 5.50. The zero-order valence-electron chi connectivity index (χ0n) is 12.7. The van der Waals surface area contributed by atoms with Gasteiger partial charge in [0.1, 0.15) is 0 Å². The van der Waals surface area contributed by atoms with E-state index in [0.717, 1.165) is 31.2 Å². The van der Waals surface area contributed by atoms with E-state index in [4.69, 9.17) is 4.74 Å². The minimum atomic E-state index is 0.760. The molecule has 0 bridgehead atoms. The van der Waals surface area contributed by atoms with Crippen LogP contribution in [0.25, 0.3) is 5.69 Å². The number of rotatable bonds is 6. The predicted molar refractivity (Wildman–Crippen MR) is 82.8 cm³/mol. The molecule has 0 unspecified atom stereocenters. The van der Waals surface area contributed by atoms with Gasteiger partial charge in [-0.15, -0.1) is 0 Å². The summed E-state index contributed by atoms with van der Waals surface area (Å²) in [6.45, 7) is 7.91. The third-order valence-electron chi connectivity index (χ3n) is 3.47. The van der Waals surface area contributed by atoms with Gasteiger partial charge in [0, 0.05) is 26.5 Å². The fourth-order valence-corrected chi connectivity index (χ4v) is 2.22. The average Bonchev–Trinajstić information content (AvgIpc) is 2.79. The van der Waals surface area contributed by atoms with Gasteiger partial charge < -0.3 is 10.1 Å². The lowest BCUT2D eigenvalue weighted by Gasteiger charge is -2.13. The number of hydrogen-bond acceptors (Lipinski definition) is 3.